The number of halogens is 5. The number of aromatic nitrogens is 1. The maximum atomic E-state index is 12.9. The molecular weight excluding hydrogens is 400 g/mol. The highest BCUT2D eigenvalue weighted by atomic mass is 35.5. The molecule has 1 amide bonds. The van der Waals surface area contributed by atoms with Crippen LogP contribution >= 0.6 is 23.2 Å². The first-order valence-electron chi connectivity index (χ1n) is 8.10. The number of fused-ring (bicyclic) bond motifs is 1. The highest BCUT2D eigenvalue weighted by Crippen LogP contribution is 2.35. The summed E-state index contributed by atoms with van der Waals surface area (Å²) in [4.78, 5) is 12.9. The van der Waals surface area contributed by atoms with E-state index in [1.807, 2.05) is 13.0 Å². The molecule has 0 radical (unpaired) electrons. The summed E-state index contributed by atoms with van der Waals surface area (Å²) in [5, 5.41) is 3.87. The number of nitrogens with one attached hydrogen (secondary N) is 1. The minimum absolute atomic E-state index is 0.0243. The fourth-order valence-corrected chi connectivity index (χ4v) is 3.43. The summed E-state index contributed by atoms with van der Waals surface area (Å²) < 4.78 is 40.6. The normalized spacial score (nSPS) is 11.8. The van der Waals surface area contributed by atoms with Crippen LogP contribution in [0.15, 0.2) is 36.4 Å². The Morgan fingerprint density at radius 1 is 1.15 bits per heavy atom. The zero-order valence-electron chi connectivity index (χ0n) is 14.4. The molecule has 3 nitrogen and oxygen atoms in total. The van der Waals surface area contributed by atoms with Crippen LogP contribution in [0.4, 0.5) is 18.9 Å². The quantitative estimate of drug-likeness (QED) is 0.517. The van der Waals surface area contributed by atoms with Crippen LogP contribution < -0.4 is 5.32 Å². The first kappa shape index (κ1) is 19.6. The van der Waals surface area contributed by atoms with Crippen LogP contribution in [-0.4, -0.2) is 10.5 Å². The Bertz CT molecular complexity index is 1040. The highest BCUT2D eigenvalue weighted by molar-refractivity contribution is 6.34. The van der Waals surface area contributed by atoms with E-state index in [4.69, 9.17) is 23.2 Å². The molecule has 3 aromatic rings. The van der Waals surface area contributed by atoms with Crippen LogP contribution in [0.5, 0.6) is 0 Å². The second-order valence-corrected chi connectivity index (χ2v) is 6.87. The van der Waals surface area contributed by atoms with Gasteiger partial charge in [0.05, 0.1) is 16.3 Å². The van der Waals surface area contributed by atoms with Crippen molar-refractivity contribution in [3.63, 3.8) is 0 Å². The third-order valence-corrected chi connectivity index (χ3v) is 4.92. The van der Waals surface area contributed by atoms with E-state index in [0.717, 1.165) is 29.1 Å². The smallest absolute Gasteiger partial charge is 0.337 e. The van der Waals surface area contributed by atoms with Gasteiger partial charge in [-0.25, -0.2) is 0 Å². The van der Waals surface area contributed by atoms with E-state index >= 15 is 0 Å². The van der Waals surface area contributed by atoms with Gasteiger partial charge in [-0.3, -0.25) is 4.79 Å². The molecule has 1 heterocycles. The molecule has 27 heavy (non-hydrogen) atoms. The molecule has 0 aliphatic rings. The van der Waals surface area contributed by atoms with E-state index in [1.165, 1.54) is 0 Å². The lowest BCUT2D eigenvalue weighted by atomic mass is 10.1. The molecule has 0 aliphatic heterocycles. The molecule has 0 spiro atoms. The Morgan fingerprint density at radius 3 is 2.48 bits per heavy atom. The average molecular weight is 415 g/mol. The van der Waals surface area contributed by atoms with Crippen molar-refractivity contribution in [2.45, 2.75) is 26.6 Å². The van der Waals surface area contributed by atoms with E-state index in [1.54, 1.807) is 23.6 Å². The van der Waals surface area contributed by atoms with Crippen molar-refractivity contribution in [2.75, 3.05) is 5.32 Å². The van der Waals surface area contributed by atoms with Crippen molar-refractivity contribution in [3.05, 3.63) is 63.3 Å². The lowest BCUT2D eigenvalue weighted by molar-refractivity contribution is -0.137. The number of carbonyl (C=O) groups excluding carboxylic acids is 1. The molecule has 142 valence electrons. The summed E-state index contributed by atoms with van der Waals surface area (Å²) in [6.45, 7) is 4.15. The lowest BCUT2D eigenvalue weighted by Crippen LogP contribution is -2.18. The van der Waals surface area contributed by atoms with E-state index in [0.29, 0.717) is 22.8 Å². The van der Waals surface area contributed by atoms with Crippen molar-refractivity contribution in [3.8, 4) is 0 Å². The SMILES string of the molecule is CCn1c(C(=O)Nc2cc(C(F)(F)F)ccc2Cl)c(C)c2cc(Cl)ccc21. The topological polar surface area (TPSA) is 34.0 Å². The van der Waals surface area contributed by atoms with Gasteiger partial charge in [-0.2, -0.15) is 13.2 Å². The molecule has 2 aromatic carbocycles. The fourth-order valence-electron chi connectivity index (χ4n) is 3.09. The van der Waals surface area contributed by atoms with E-state index in [2.05, 4.69) is 5.32 Å². The number of aryl methyl sites for hydroxylation is 2. The number of rotatable bonds is 3. The molecule has 0 aliphatic carbocycles. The molecule has 0 fully saturated rings. The number of carbonyl (C=O) groups is 1. The second-order valence-electron chi connectivity index (χ2n) is 6.03. The number of alkyl halides is 3. The van der Waals surface area contributed by atoms with Gasteiger partial charge in [-0.15, -0.1) is 0 Å². The molecule has 0 unspecified atom stereocenters. The fraction of sp³-hybridized carbons (Fsp3) is 0.211. The summed E-state index contributed by atoms with van der Waals surface area (Å²) in [6, 6.07) is 8.09. The summed E-state index contributed by atoms with van der Waals surface area (Å²) in [6.07, 6.45) is -4.53. The van der Waals surface area contributed by atoms with Crippen LogP contribution in [0.2, 0.25) is 10.0 Å². The first-order valence-corrected chi connectivity index (χ1v) is 8.85. The average Bonchev–Trinajstić information content (AvgIpc) is 2.87. The predicted molar refractivity (Wildman–Crippen MR) is 102 cm³/mol. The highest BCUT2D eigenvalue weighted by Gasteiger charge is 2.31. The van der Waals surface area contributed by atoms with Gasteiger partial charge in [0.1, 0.15) is 5.69 Å². The zero-order valence-corrected chi connectivity index (χ0v) is 15.9. The monoisotopic (exact) mass is 414 g/mol. The number of nitrogens with zero attached hydrogens (tertiary/aromatic N) is 1. The third kappa shape index (κ3) is 3.64. The lowest BCUT2D eigenvalue weighted by Gasteiger charge is -2.13. The molecule has 3 rings (SSSR count). The Balaban J connectivity index is 2.06. The number of hydrogen-bond acceptors (Lipinski definition) is 1. The third-order valence-electron chi connectivity index (χ3n) is 4.35. The minimum Gasteiger partial charge on any atom is -0.337 e. The Labute approximate surface area is 163 Å². The minimum atomic E-state index is -4.53. The predicted octanol–water partition coefficient (Wildman–Crippen LogP) is 6.55. The van der Waals surface area contributed by atoms with Gasteiger partial charge in [0.15, 0.2) is 0 Å². The first-order chi connectivity index (χ1) is 12.6. The van der Waals surface area contributed by atoms with Crippen LogP contribution in [-0.2, 0) is 12.7 Å². The molecule has 1 aromatic heterocycles. The molecular formula is C19H15Cl2F3N2O. The van der Waals surface area contributed by atoms with Crippen molar-refractivity contribution >= 4 is 45.7 Å². The van der Waals surface area contributed by atoms with Gasteiger partial charge in [0.2, 0.25) is 0 Å². The van der Waals surface area contributed by atoms with Crippen molar-refractivity contribution in [1.82, 2.24) is 4.57 Å². The van der Waals surface area contributed by atoms with Crippen LogP contribution in [0, 0.1) is 6.92 Å². The second kappa shape index (κ2) is 7.09. The molecule has 0 bridgehead atoms. The Kier molecular flexibility index (Phi) is 5.14. The number of anilines is 1. The van der Waals surface area contributed by atoms with E-state index in [-0.39, 0.29) is 10.7 Å². The molecule has 0 atom stereocenters. The molecule has 0 saturated heterocycles. The largest absolute Gasteiger partial charge is 0.416 e. The maximum Gasteiger partial charge on any atom is 0.416 e. The van der Waals surface area contributed by atoms with Crippen LogP contribution in [0.25, 0.3) is 10.9 Å². The number of hydrogen-bond donors (Lipinski definition) is 1. The summed E-state index contributed by atoms with van der Waals surface area (Å²) >= 11 is 12.0. The zero-order chi connectivity index (χ0) is 19.9. The standard InChI is InChI=1S/C19H15Cl2F3N2O/c1-3-26-16-7-5-12(20)9-13(16)10(2)17(26)18(27)25-15-8-11(19(22,23)24)4-6-14(15)21/h4-9H,3H2,1-2H3,(H,25,27). The Morgan fingerprint density at radius 2 is 1.85 bits per heavy atom. The van der Waals surface area contributed by atoms with Gasteiger partial charge in [-0.1, -0.05) is 23.2 Å². The number of amides is 1. The molecule has 1 N–H and O–H groups in total. The maximum absolute atomic E-state index is 12.9. The van der Waals surface area contributed by atoms with Gasteiger partial charge in [0, 0.05) is 22.5 Å². The summed E-state index contributed by atoms with van der Waals surface area (Å²) in [5.41, 5.74) is 0.876. The van der Waals surface area contributed by atoms with Gasteiger partial charge in [-0.05, 0) is 55.8 Å². The summed E-state index contributed by atoms with van der Waals surface area (Å²) in [5.74, 6) is -0.539. The van der Waals surface area contributed by atoms with Crippen molar-refractivity contribution < 1.29 is 18.0 Å². The van der Waals surface area contributed by atoms with E-state index in [9.17, 15) is 18.0 Å². The van der Waals surface area contributed by atoms with Crippen molar-refractivity contribution in [1.29, 1.82) is 0 Å². The number of benzene rings is 2. The Hall–Kier alpha value is -2.18. The van der Waals surface area contributed by atoms with Crippen LogP contribution in [0.1, 0.15) is 28.5 Å². The van der Waals surface area contributed by atoms with E-state index < -0.39 is 17.6 Å². The van der Waals surface area contributed by atoms with Crippen LogP contribution in [0.3, 0.4) is 0 Å². The summed E-state index contributed by atoms with van der Waals surface area (Å²) in [7, 11) is 0. The van der Waals surface area contributed by atoms with Gasteiger partial charge >= 0.3 is 6.18 Å². The molecule has 8 heteroatoms. The molecule has 0 saturated carbocycles. The van der Waals surface area contributed by atoms with Gasteiger partial charge < -0.3 is 9.88 Å². The van der Waals surface area contributed by atoms with Gasteiger partial charge in [0.25, 0.3) is 5.91 Å². The van der Waals surface area contributed by atoms with Crippen molar-refractivity contribution in [2.24, 2.45) is 0 Å².